The molecule has 0 aliphatic heterocycles. The normalized spacial score (nSPS) is 10.5. The van der Waals surface area contributed by atoms with Crippen LogP contribution in [0, 0.1) is 10.5 Å². The molecule has 2 aromatic rings. The summed E-state index contributed by atoms with van der Waals surface area (Å²) in [6.07, 6.45) is 0. The van der Waals surface area contributed by atoms with E-state index in [-0.39, 0.29) is 0 Å². The predicted molar refractivity (Wildman–Crippen MR) is 61.4 cm³/mol. The van der Waals surface area contributed by atoms with E-state index < -0.39 is 0 Å². The van der Waals surface area contributed by atoms with E-state index in [0.29, 0.717) is 0 Å². The maximum absolute atomic E-state index is 2.35. The van der Waals surface area contributed by atoms with Crippen molar-refractivity contribution in [3.8, 4) is 0 Å². The third kappa shape index (κ3) is 1.33. The van der Waals surface area contributed by atoms with Gasteiger partial charge in [0, 0.05) is 3.57 Å². The third-order valence-corrected chi connectivity index (χ3v) is 2.66. The third-order valence-electron chi connectivity index (χ3n) is 2.03. The Bertz CT molecular complexity index is 418. The number of fused-ring (bicyclic) bond motifs is 1. The zero-order valence-corrected chi connectivity index (χ0v) is 9.00. The molecule has 12 heavy (non-hydrogen) atoms. The molecule has 0 aromatic heterocycles. The van der Waals surface area contributed by atoms with Crippen LogP contribution >= 0.6 is 22.6 Å². The Morgan fingerprint density at radius 1 is 1.08 bits per heavy atom. The molecule has 0 amide bonds. The molecule has 0 bridgehead atoms. The predicted octanol–water partition coefficient (Wildman–Crippen LogP) is 3.75. The van der Waals surface area contributed by atoms with Gasteiger partial charge in [0.15, 0.2) is 0 Å². The SMILES string of the molecule is Cc1cc(I)cc2ccccc12. The van der Waals surface area contributed by atoms with Crippen LogP contribution in [0.25, 0.3) is 10.8 Å². The zero-order chi connectivity index (χ0) is 8.55. The van der Waals surface area contributed by atoms with Crippen LogP contribution in [-0.2, 0) is 0 Å². The summed E-state index contributed by atoms with van der Waals surface area (Å²) >= 11 is 2.35. The average molecular weight is 268 g/mol. The molecule has 0 aliphatic carbocycles. The van der Waals surface area contributed by atoms with E-state index in [1.807, 2.05) is 0 Å². The molecule has 0 radical (unpaired) electrons. The molecule has 1 heteroatoms. The highest BCUT2D eigenvalue weighted by Crippen LogP contribution is 2.20. The first-order valence-corrected chi connectivity index (χ1v) is 5.00. The van der Waals surface area contributed by atoms with Crippen molar-refractivity contribution in [3.05, 3.63) is 45.5 Å². The van der Waals surface area contributed by atoms with Crippen LogP contribution in [0.15, 0.2) is 36.4 Å². The number of hydrogen-bond acceptors (Lipinski definition) is 0. The lowest BCUT2D eigenvalue weighted by atomic mass is 10.1. The van der Waals surface area contributed by atoms with Gasteiger partial charge in [-0.2, -0.15) is 0 Å². The Kier molecular flexibility index (Phi) is 2.05. The molecule has 0 aliphatic rings. The van der Waals surface area contributed by atoms with E-state index in [1.165, 1.54) is 19.9 Å². The standard InChI is InChI=1S/C11H9I/c1-8-6-10(12)7-9-4-2-3-5-11(8)9/h2-7H,1H3. The van der Waals surface area contributed by atoms with Gasteiger partial charge in [0.2, 0.25) is 0 Å². The van der Waals surface area contributed by atoms with Gasteiger partial charge in [0.05, 0.1) is 0 Å². The lowest BCUT2D eigenvalue weighted by Crippen LogP contribution is -1.79. The van der Waals surface area contributed by atoms with Crippen molar-refractivity contribution in [2.45, 2.75) is 6.92 Å². The molecule has 0 spiro atoms. The number of benzene rings is 2. The first kappa shape index (κ1) is 8.05. The minimum absolute atomic E-state index is 1.31. The van der Waals surface area contributed by atoms with Gasteiger partial charge in [-0.3, -0.25) is 0 Å². The summed E-state index contributed by atoms with van der Waals surface area (Å²) in [5.41, 5.74) is 1.36. The zero-order valence-electron chi connectivity index (χ0n) is 6.84. The van der Waals surface area contributed by atoms with Crippen molar-refractivity contribution in [2.75, 3.05) is 0 Å². The second kappa shape index (κ2) is 3.05. The summed E-state index contributed by atoms with van der Waals surface area (Å²) in [6, 6.07) is 12.9. The van der Waals surface area contributed by atoms with Gasteiger partial charge >= 0.3 is 0 Å². The van der Waals surface area contributed by atoms with Crippen molar-refractivity contribution >= 4 is 33.4 Å². The van der Waals surface area contributed by atoms with Crippen LogP contribution in [0.5, 0.6) is 0 Å². The Hall–Kier alpha value is -0.570. The monoisotopic (exact) mass is 268 g/mol. The van der Waals surface area contributed by atoms with Gasteiger partial charge in [-0.1, -0.05) is 24.3 Å². The van der Waals surface area contributed by atoms with Crippen molar-refractivity contribution in [1.82, 2.24) is 0 Å². The van der Waals surface area contributed by atoms with E-state index in [9.17, 15) is 0 Å². The highest BCUT2D eigenvalue weighted by molar-refractivity contribution is 14.1. The minimum atomic E-state index is 1.31. The van der Waals surface area contributed by atoms with Crippen molar-refractivity contribution in [3.63, 3.8) is 0 Å². The molecule has 2 aromatic carbocycles. The largest absolute Gasteiger partial charge is 0.0616 e. The Labute approximate surface area is 85.7 Å². The van der Waals surface area contributed by atoms with E-state index >= 15 is 0 Å². The van der Waals surface area contributed by atoms with Crippen LogP contribution in [0.3, 0.4) is 0 Å². The second-order valence-electron chi connectivity index (χ2n) is 2.94. The van der Waals surface area contributed by atoms with Gasteiger partial charge in [-0.25, -0.2) is 0 Å². The highest BCUT2D eigenvalue weighted by atomic mass is 127. The summed E-state index contributed by atoms with van der Waals surface area (Å²) in [5.74, 6) is 0. The van der Waals surface area contributed by atoms with Crippen LogP contribution < -0.4 is 0 Å². The second-order valence-corrected chi connectivity index (χ2v) is 4.19. The van der Waals surface area contributed by atoms with Crippen LogP contribution in [-0.4, -0.2) is 0 Å². The molecule has 2 rings (SSSR count). The van der Waals surface area contributed by atoms with Gasteiger partial charge < -0.3 is 0 Å². The fourth-order valence-electron chi connectivity index (χ4n) is 1.46. The molecule has 0 saturated carbocycles. The van der Waals surface area contributed by atoms with E-state index in [2.05, 4.69) is 65.9 Å². The smallest absolute Gasteiger partial charge is 0.0139 e. The van der Waals surface area contributed by atoms with Gasteiger partial charge in [0.25, 0.3) is 0 Å². The lowest BCUT2D eigenvalue weighted by Gasteiger charge is -2.01. The van der Waals surface area contributed by atoms with Crippen molar-refractivity contribution in [1.29, 1.82) is 0 Å². The van der Waals surface area contributed by atoms with E-state index in [0.717, 1.165) is 0 Å². The summed E-state index contributed by atoms with van der Waals surface area (Å²) < 4.78 is 1.31. The van der Waals surface area contributed by atoms with Crippen LogP contribution in [0.2, 0.25) is 0 Å². The topological polar surface area (TPSA) is 0 Å². The molecule has 0 atom stereocenters. The molecule has 0 saturated heterocycles. The Balaban J connectivity index is 2.89. The van der Waals surface area contributed by atoms with E-state index in [4.69, 9.17) is 0 Å². The highest BCUT2D eigenvalue weighted by Gasteiger charge is 1.96. The van der Waals surface area contributed by atoms with Crippen molar-refractivity contribution in [2.24, 2.45) is 0 Å². The fraction of sp³-hybridized carbons (Fsp3) is 0.0909. The first-order chi connectivity index (χ1) is 5.77. The van der Waals surface area contributed by atoms with Crippen molar-refractivity contribution < 1.29 is 0 Å². The number of rotatable bonds is 0. The molecule has 0 fully saturated rings. The lowest BCUT2D eigenvalue weighted by molar-refractivity contribution is 1.51. The quantitative estimate of drug-likeness (QED) is 0.638. The molecule has 0 heterocycles. The average Bonchev–Trinajstić information content (AvgIpc) is 2.04. The molecular formula is C11H9I. The first-order valence-electron chi connectivity index (χ1n) is 3.92. The number of hydrogen-bond donors (Lipinski definition) is 0. The summed E-state index contributed by atoms with van der Waals surface area (Å²) in [4.78, 5) is 0. The molecule has 60 valence electrons. The maximum Gasteiger partial charge on any atom is 0.0139 e. The molecular weight excluding hydrogens is 259 g/mol. The summed E-state index contributed by atoms with van der Waals surface area (Å²) in [7, 11) is 0. The molecule has 0 nitrogen and oxygen atoms in total. The number of aryl methyl sites for hydroxylation is 1. The summed E-state index contributed by atoms with van der Waals surface area (Å²) in [6.45, 7) is 2.16. The van der Waals surface area contributed by atoms with Gasteiger partial charge in [-0.15, -0.1) is 0 Å². The fourth-order valence-corrected chi connectivity index (χ4v) is 2.26. The molecule has 0 unspecified atom stereocenters. The Morgan fingerprint density at radius 3 is 2.67 bits per heavy atom. The Morgan fingerprint density at radius 2 is 1.83 bits per heavy atom. The van der Waals surface area contributed by atoms with Gasteiger partial charge in [-0.05, 0) is 58.0 Å². The summed E-state index contributed by atoms with van der Waals surface area (Å²) in [5, 5.41) is 2.69. The minimum Gasteiger partial charge on any atom is -0.0616 e. The van der Waals surface area contributed by atoms with Crippen LogP contribution in [0.1, 0.15) is 5.56 Å². The maximum atomic E-state index is 2.35. The van der Waals surface area contributed by atoms with E-state index in [1.54, 1.807) is 0 Å². The van der Waals surface area contributed by atoms with Gasteiger partial charge in [0.1, 0.15) is 0 Å². The molecule has 0 N–H and O–H groups in total. The van der Waals surface area contributed by atoms with Crippen LogP contribution in [0.4, 0.5) is 0 Å². The number of halogens is 1.